The van der Waals surface area contributed by atoms with Crippen molar-refractivity contribution in [3.8, 4) is 5.75 Å². The molecule has 1 aromatic carbocycles. The largest absolute Gasteiger partial charge is 0.492 e. The molecule has 1 N–H and O–H groups in total. The Morgan fingerprint density at radius 2 is 2.00 bits per heavy atom. The summed E-state index contributed by atoms with van der Waals surface area (Å²) in [5.74, 6) is 3.21. The van der Waals surface area contributed by atoms with Crippen molar-refractivity contribution in [2.45, 2.75) is 46.7 Å². The lowest BCUT2D eigenvalue weighted by Crippen LogP contribution is -2.35. The Labute approximate surface area is 136 Å². The molecule has 0 unspecified atom stereocenters. The number of aryl methyl sites for hydroxylation is 1. The van der Waals surface area contributed by atoms with Crippen molar-refractivity contribution in [3.63, 3.8) is 0 Å². The first kappa shape index (κ1) is 17.9. The molecule has 0 aliphatic rings. The van der Waals surface area contributed by atoms with Gasteiger partial charge in [-0.25, -0.2) is 0 Å². The molecule has 2 nitrogen and oxygen atoms in total. The maximum Gasteiger partial charge on any atom is 0.126 e. The van der Waals surface area contributed by atoms with E-state index in [0.717, 1.165) is 34.9 Å². The fraction of sp³-hybridized carbons (Fsp3) is 0.625. The van der Waals surface area contributed by atoms with Crippen molar-refractivity contribution in [2.24, 2.45) is 0 Å². The van der Waals surface area contributed by atoms with E-state index in [1.165, 1.54) is 11.1 Å². The van der Waals surface area contributed by atoms with Gasteiger partial charge >= 0.3 is 0 Å². The standard InChI is InChI=1S/C16H26BrNOS/c1-6-20-8-7-19-15-12(2)9-14(17)10-13(15)11-18-16(3,4)5/h9-10,18H,6-8,11H2,1-5H3. The SMILES string of the molecule is CCSCCOc1c(C)cc(Br)cc1CNC(C)(C)C. The van der Waals surface area contributed by atoms with Crippen LogP contribution in [0.15, 0.2) is 16.6 Å². The number of ether oxygens (including phenoxy) is 1. The number of hydrogen-bond acceptors (Lipinski definition) is 3. The van der Waals surface area contributed by atoms with E-state index in [2.05, 4.69) is 68.0 Å². The second-order valence-corrected chi connectivity index (χ2v) is 8.17. The van der Waals surface area contributed by atoms with Crippen LogP contribution < -0.4 is 10.1 Å². The lowest BCUT2D eigenvalue weighted by atomic mass is 10.1. The Bertz CT molecular complexity index is 429. The minimum Gasteiger partial charge on any atom is -0.492 e. The van der Waals surface area contributed by atoms with Crippen LogP contribution in [0.3, 0.4) is 0 Å². The zero-order valence-corrected chi connectivity index (χ0v) is 15.6. The number of thioether (sulfide) groups is 1. The number of halogens is 1. The third-order valence-corrected chi connectivity index (χ3v) is 4.13. The molecule has 0 bridgehead atoms. The van der Waals surface area contributed by atoms with E-state index in [-0.39, 0.29) is 5.54 Å². The Balaban J connectivity index is 2.79. The predicted octanol–water partition coefficient (Wildman–Crippen LogP) is 4.78. The second kappa shape index (κ2) is 8.30. The molecular weight excluding hydrogens is 334 g/mol. The first-order valence-corrected chi connectivity index (χ1v) is 9.03. The first-order chi connectivity index (χ1) is 9.33. The van der Waals surface area contributed by atoms with Crippen molar-refractivity contribution >= 4 is 27.7 Å². The van der Waals surface area contributed by atoms with E-state index >= 15 is 0 Å². The first-order valence-electron chi connectivity index (χ1n) is 7.08. The van der Waals surface area contributed by atoms with Gasteiger partial charge in [0.2, 0.25) is 0 Å². The molecule has 0 fully saturated rings. The lowest BCUT2D eigenvalue weighted by Gasteiger charge is -2.22. The van der Waals surface area contributed by atoms with Crippen LogP contribution in [0.4, 0.5) is 0 Å². The van der Waals surface area contributed by atoms with Crippen LogP contribution in [-0.2, 0) is 6.54 Å². The van der Waals surface area contributed by atoms with Crippen molar-refractivity contribution in [1.29, 1.82) is 0 Å². The highest BCUT2D eigenvalue weighted by Gasteiger charge is 2.13. The van der Waals surface area contributed by atoms with Crippen LogP contribution in [0.25, 0.3) is 0 Å². The molecule has 0 aromatic heterocycles. The highest BCUT2D eigenvalue weighted by atomic mass is 79.9. The summed E-state index contributed by atoms with van der Waals surface area (Å²) in [5.41, 5.74) is 2.51. The number of benzene rings is 1. The molecule has 0 aliphatic carbocycles. The molecule has 0 saturated carbocycles. The average molecular weight is 360 g/mol. The quantitative estimate of drug-likeness (QED) is 0.708. The molecule has 1 rings (SSSR count). The maximum atomic E-state index is 6.01. The molecule has 20 heavy (non-hydrogen) atoms. The normalized spacial score (nSPS) is 11.7. The summed E-state index contributed by atoms with van der Waals surface area (Å²) in [7, 11) is 0. The summed E-state index contributed by atoms with van der Waals surface area (Å²) in [5, 5.41) is 3.53. The monoisotopic (exact) mass is 359 g/mol. The van der Waals surface area contributed by atoms with Gasteiger partial charge in [0.25, 0.3) is 0 Å². The van der Waals surface area contributed by atoms with Gasteiger partial charge in [-0.3, -0.25) is 0 Å². The molecular formula is C16H26BrNOS. The second-order valence-electron chi connectivity index (χ2n) is 5.86. The predicted molar refractivity (Wildman–Crippen MR) is 94.0 cm³/mol. The summed E-state index contributed by atoms with van der Waals surface area (Å²) in [6, 6.07) is 4.26. The summed E-state index contributed by atoms with van der Waals surface area (Å²) in [6.07, 6.45) is 0. The van der Waals surface area contributed by atoms with Gasteiger partial charge in [-0.15, -0.1) is 0 Å². The average Bonchev–Trinajstić information content (AvgIpc) is 2.33. The van der Waals surface area contributed by atoms with Crippen LogP contribution >= 0.6 is 27.7 Å². The van der Waals surface area contributed by atoms with Crippen molar-refractivity contribution in [1.82, 2.24) is 5.32 Å². The number of hydrogen-bond donors (Lipinski definition) is 1. The van der Waals surface area contributed by atoms with Gasteiger partial charge in [-0.2, -0.15) is 11.8 Å². The molecule has 0 saturated heterocycles. The van der Waals surface area contributed by atoms with Crippen molar-refractivity contribution in [2.75, 3.05) is 18.1 Å². The van der Waals surface area contributed by atoms with Gasteiger partial charge in [-0.1, -0.05) is 22.9 Å². The Kier molecular flexibility index (Phi) is 7.41. The van der Waals surface area contributed by atoms with E-state index < -0.39 is 0 Å². The Hall–Kier alpha value is -0.190. The fourth-order valence-electron chi connectivity index (χ4n) is 1.84. The third-order valence-electron chi connectivity index (χ3n) is 2.80. The van der Waals surface area contributed by atoms with Gasteiger partial charge in [0, 0.05) is 27.9 Å². The van der Waals surface area contributed by atoms with Gasteiger partial charge in [0.1, 0.15) is 5.75 Å². The van der Waals surface area contributed by atoms with Gasteiger partial charge in [-0.05, 0) is 51.1 Å². The molecule has 0 aliphatic heterocycles. The molecule has 0 heterocycles. The van der Waals surface area contributed by atoms with Gasteiger partial charge < -0.3 is 10.1 Å². The van der Waals surface area contributed by atoms with Crippen LogP contribution in [0.2, 0.25) is 0 Å². The molecule has 0 amide bonds. The van der Waals surface area contributed by atoms with E-state index in [4.69, 9.17) is 4.74 Å². The smallest absolute Gasteiger partial charge is 0.126 e. The van der Waals surface area contributed by atoms with E-state index in [1.54, 1.807) is 0 Å². The molecule has 0 radical (unpaired) electrons. The molecule has 0 spiro atoms. The van der Waals surface area contributed by atoms with Gasteiger partial charge in [0.15, 0.2) is 0 Å². The minimum atomic E-state index is 0.103. The van der Waals surface area contributed by atoms with Gasteiger partial charge in [0.05, 0.1) is 6.61 Å². The zero-order chi connectivity index (χ0) is 15.2. The molecule has 1 aromatic rings. The van der Waals surface area contributed by atoms with E-state index in [9.17, 15) is 0 Å². The van der Waals surface area contributed by atoms with Crippen LogP contribution in [0, 0.1) is 6.92 Å². The maximum absolute atomic E-state index is 6.01. The Morgan fingerprint density at radius 3 is 2.60 bits per heavy atom. The van der Waals surface area contributed by atoms with Crippen LogP contribution in [0.5, 0.6) is 5.75 Å². The summed E-state index contributed by atoms with van der Waals surface area (Å²) in [6.45, 7) is 12.4. The lowest BCUT2D eigenvalue weighted by molar-refractivity contribution is 0.333. The zero-order valence-electron chi connectivity index (χ0n) is 13.2. The molecule has 4 heteroatoms. The number of rotatable bonds is 7. The minimum absolute atomic E-state index is 0.103. The van der Waals surface area contributed by atoms with Crippen LogP contribution in [0.1, 0.15) is 38.8 Å². The summed E-state index contributed by atoms with van der Waals surface area (Å²) >= 11 is 5.48. The molecule has 114 valence electrons. The third kappa shape index (κ3) is 6.51. The topological polar surface area (TPSA) is 21.3 Å². The number of nitrogens with one attached hydrogen (secondary N) is 1. The van der Waals surface area contributed by atoms with E-state index in [0.29, 0.717) is 0 Å². The van der Waals surface area contributed by atoms with Crippen molar-refractivity contribution < 1.29 is 4.74 Å². The Morgan fingerprint density at radius 1 is 1.30 bits per heavy atom. The van der Waals surface area contributed by atoms with Crippen LogP contribution in [-0.4, -0.2) is 23.7 Å². The van der Waals surface area contributed by atoms with Crippen molar-refractivity contribution in [3.05, 3.63) is 27.7 Å². The molecule has 0 atom stereocenters. The fourth-order valence-corrected chi connectivity index (χ4v) is 2.95. The summed E-state index contributed by atoms with van der Waals surface area (Å²) < 4.78 is 7.12. The highest BCUT2D eigenvalue weighted by molar-refractivity contribution is 9.10. The van der Waals surface area contributed by atoms with E-state index in [1.807, 2.05) is 11.8 Å². The summed E-state index contributed by atoms with van der Waals surface area (Å²) in [4.78, 5) is 0. The highest BCUT2D eigenvalue weighted by Crippen LogP contribution is 2.28.